The van der Waals surface area contributed by atoms with E-state index in [4.69, 9.17) is 4.74 Å². The molecule has 0 aliphatic rings. The molecule has 0 bridgehead atoms. The molecule has 0 N–H and O–H groups in total. The van der Waals surface area contributed by atoms with Gasteiger partial charge in [-0.05, 0) is 12.5 Å². The van der Waals surface area contributed by atoms with E-state index < -0.39 is 0 Å². The minimum atomic E-state index is 0.598. The van der Waals surface area contributed by atoms with Crippen molar-refractivity contribution in [3.63, 3.8) is 0 Å². The van der Waals surface area contributed by atoms with E-state index in [1.165, 1.54) is 27.5 Å². The van der Waals surface area contributed by atoms with Crippen molar-refractivity contribution in [1.82, 2.24) is 0 Å². The first-order valence-corrected chi connectivity index (χ1v) is 12.2. The quantitative estimate of drug-likeness (QED) is 0.599. The summed E-state index contributed by atoms with van der Waals surface area (Å²) in [7, 11) is 0. The van der Waals surface area contributed by atoms with Gasteiger partial charge in [0, 0.05) is 5.75 Å². The predicted octanol–water partition coefficient (Wildman–Crippen LogP) is 4.22. The summed E-state index contributed by atoms with van der Waals surface area (Å²) in [6.45, 7) is 2.68. The van der Waals surface area contributed by atoms with Crippen LogP contribution in [0.3, 0.4) is 0 Å². The van der Waals surface area contributed by atoms with Crippen LogP contribution < -0.4 is 4.74 Å². The monoisotopic (exact) mass is 340 g/mol. The summed E-state index contributed by atoms with van der Waals surface area (Å²) in [6.07, 6.45) is 0. The summed E-state index contributed by atoms with van der Waals surface area (Å²) >= 11 is 4.25. The Morgan fingerprint density at radius 3 is 2.41 bits per heavy atom. The van der Waals surface area contributed by atoms with Crippen molar-refractivity contribution in [2.75, 3.05) is 0 Å². The molecule has 1 nitrogen and oxygen atoms in total. The molecule has 17 heavy (non-hydrogen) atoms. The second kappa shape index (κ2) is 8.44. The number of aryl methyl sites for hydroxylation is 1. The van der Waals surface area contributed by atoms with E-state index in [1.54, 1.807) is 0 Å². The standard InChI is InChI=1S/C14H13O.BrH.Zn/c1-12-7-9-13(10-8-12)11-15-14-5-3-2-4-6-14;;/h2-5,7-10H,11H2,1H3;1H;/q-1;;+2/p-1. The Kier molecular flexibility index (Phi) is 7.15. The zero-order valence-corrected chi connectivity index (χ0v) is 14.4. The van der Waals surface area contributed by atoms with E-state index in [1.807, 2.05) is 24.3 Å². The predicted molar refractivity (Wildman–Crippen MR) is 69.7 cm³/mol. The normalized spacial score (nSPS) is 9.18. The second-order valence-corrected chi connectivity index (χ2v) is 3.50. The molecule has 0 aliphatic carbocycles. The van der Waals surface area contributed by atoms with Crippen LogP contribution in [0.1, 0.15) is 11.1 Å². The van der Waals surface area contributed by atoms with Crippen molar-refractivity contribution in [3.8, 4) is 5.75 Å². The topological polar surface area (TPSA) is 9.23 Å². The molecule has 2 rings (SSSR count). The van der Waals surface area contributed by atoms with Gasteiger partial charge in [0.25, 0.3) is 0 Å². The molecule has 3 heteroatoms. The Labute approximate surface area is 119 Å². The van der Waals surface area contributed by atoms with Crippen LogP contribution in [0.4, 0.5) is 0 Å². The molecule has 0 radical (unpaired) electrons. The third kappa shape index (κ3) is 5.47. The number of benzene rings is 2. The molecule has 0 spiro atoms. The first-order valence-electron chi connectivity index (χ1n) is 5.26. The van der Waals surface area contributed by atoms with Crippen molar-refractivity contribution < 1.29 is 21.1 Å². The van der Waals surface area contributed by atoms with Crippen molar-refractivity contribution in [2.45, 2.75) is 13.5 Å². The molecule has 0 heterocycles. The van der Waals surface area contributed by atoms with Gasteiger partial charge in [-0.15, -0.1) is 12.1 Å². The molecule has 0 saturated heterocycles. The zero-order valence-electron chi connectivity index (χ0n) is 9.82. The minimum absolute atomic E-state index is 0.598. The van der Waals surface area contributed by atoms with Gasteiger partial charge in [0.05, 0.1) is 0 Å². The Morgan fingerprint density at radius 1 is 1.12 bits per heavy atom. The van der Waals surface area contributed by atoms with Crippen molar-refractivity contribution in [1.29, 1.82) is 0 Å². The molecule has 2 aromatic rings. The van der Waals surface area contributed by atoms with Crippen LogP contribution in [0.5, 0.6) is 5.75 Å². The average molecular weight is 343 g/mol. The van der Waals surface area contributed by atoms with Gasteiger partial charge >= 0.3 is 30.0 Å². The van der Waals surface area contributed by atoms with Crippen LogP contribution in [0, 0.1) is 13.0 Å². The maximum atomic E-state index is 5.58. The molecule has 0 saturated carbocycles. The van der Waals surface area contributed by atoms with E-state index in [2.05, 4.69) is 50.9 Å². The SMILES string of the molecule is Cc1ccc(COc2[c-]cccc2)cc1.[Zn+][Br]. The molecular weight excluding hydrogens is 329 g/mol. The molecule has 0 amide bonds. The van der Waals surface area contributed by atoms with Crippen molar-refractivity contribution in [3.05, 3.63) is 65.7 Å². The van der Waals surface area contributed by atoms with E-state index in [0.717, 1.165) is 5.75 Å². The van der Waals surface area contributed by atoms with Gasteiger partial charge in [0.2, 0.25) is 0 Å². The van der Waals surface area contributed by atoms with Crippen molar-refractivity contribution in [2.24, 2.45) is 0 Å². The van der Waals surface area contributed by atoms with Gasteiger partial charge in [-0.25, -0.2) is 0 Å². The number of ether oxygens (including phenoxy) is 1. The summed E-state index contributed by atoms with van der Waals surface area (Å²) in [4.78, 5) is 0. The molecular formula is C14H13BrOZn. The van der Waals surface area contributed by atoms with Gasteiger partial charge in [-0.1, -0.05) is 29.8 Å². The third-order valence-electron chi connectivity index (χ3n) is 2.20. The van der Waals surface area contributed by atoms with Gasteiger partial charge in [-0.2, -0.15) is 18.2 Å². The molecule has 0 atom stereocenters. The van der Waals surface area contributed by atoms with Gasteiger partial charge in [-0.3, -0.25) is 0 Å². The van der Waals surface area contributed by atoms with E-state index in [0.29, 0.717) is 6.61 Å². The Morgan fingerprint density at radius 2 is 1.82 bits per heavy atom. The summed E-state index contributed by atoms with van der Waals surface area (Å²) in [5.41, 5.74) is 2.45. The number of hydrogen-bond donors (Lipinski definition) is 0. The van der Waals surface area contributed by atoms with Gasteiger partial charge < -0.3 is 4.74 Å². The molecule has 0 fully saturated rings. The number of halogens is 1. The third-order valence-corrected chi connectivity index (χ3v) is 2.20. The van der Waals surface area contributed by atoms with Crippen LogP contribution in [0.2, 0.25) is 0 Å². The van der Waals surface area contributed by atoms with Gasteiger partial charge in [0.1, 0.15) is 6.61 Å². The molecule has 84 valence electrons. The van der Waals surface area contributed by atoms with Crippen LogP contribution in [-0.4, -0.2) is 0 Å². The summed E-state index contributed by atoms with van der Waals surface area (Å²) in [5.74, 6) is 0.790. The first-order chi connectivity index (χ1) is 8.34. The fourth-order valence-electron chi connectivity index (χ4n) is 1.31. The summed E-state index contributed by atoms with van der Waals surface area (Å²) in [6, 6.07) is 19.0. The molecule has 0 aromatic heterocycles. The Balaban J connectivity index is 0.000000686. The van der Waals surface area contributed by atoms with E-state index >= 15 is 0 Å². The fraction of sp³-hybridized carbons (Fsp3) is 0.143. The fourth-order valence-corrected chi connectivity index (χ4v) is 1.31. The first kappa shape index (κ1) is 14.4. The zero-order chi connectivity index (χ0) is 12.5. The summed E-state index contributed by atoms with van der Waals surface area (Å²) < 4.78 is 5.58. The van der Waals surface area contributed by atoms with Crippen LogP contribution in [0.25, 0.3) is 0 Å². The van der Waals surface area contributed by atoms with Crippen LogP contribution >= 0.6 is 13.6 Å². The molecule has 0 unspecified atom stereocenters. The Bertz CT molecular complexity index is 414. The number of rotatable bonds is 3. The molecule has 2 aromatic carbocycles. The van der Waals surface area contributed by atoms with Crippen LogP contribution in [-0.2, 0) is 22.9 Å². The van der Waals surface area contributed by atoms with E-state index in [-0.39, 0.29) is 0 Å². The van der Waals surface area contributed by atoms with Crippen molar-refractivity contribution >= 4 is 13.6 Å². The van der Waals surface area contributed by atoms with Crippen LogP contribution in [0.15, 0.2) is 48.5 Å². The Hall–Kier alpha value is -0.657. The van der Waals surface area contributed by atoms with Gasteiger partial charge in [0.15, 0.2) is 0 Å². The number of para-hydroxylation sites is 1. The van der Waals surface area contributed by atoms with E-state index in [9.17, 15) is 0 Å². The molecule has 0 aliphatic heterocycles. The summed E-state index contributed by atoms with van der Waals surface area (Å²) in [5, 5.41) is 0. The number of hydrogen-bond acceptors (Lipinski definition) is 1. The second-order valence-electron chi connectivity index (χ2n) is 3.50. The maximum absolute atomic E-state index is 5.58. The average Bonchev–Trinajstić information content (AvgIpc) is 2.42.